The molecule has 3 aromatic rings. The van der Waals surface area contributed by atoms with Crippen molar-refractivity contribution in [3.63, 3.8) is 0 Å². The maximum Gasteiger partial charge on any atom is 0.0949 e. The van der Waals surface area contributed by atoms with E-state index in [0.717, 1.165) is 22.6 Å². The van der Waals surface area contributed by atoms with E-state index in [1.165, 1.54) is 5.56 Å². The molecule has 2 nitrogen and oxygen atoms in total. The number of hydrogen-bond donors (Lipinski definition) is 0. The third-order valence-corrected chi connectivity index (χ3v) is 4.23. The van der Waals surface area contributed by atoms with Crippen LogP contribution in [-0.4, -0.2) is 9.55 Å². The number of aromatic nitrogens is 2. The SMILES string of the molecule is Clc1ccc(Cc2ccccc2)c(Cl)c1Cn1ccnc1. The second kappa shape index (κ2) is 6.33. The van der Waals surface area contributed by atoms with Gasteiger partial charge in [0.25, 0.3) is 0 Å². The van der Waals surface area contributed by atoms with E-state index in [9.17, 15) is 0 Å². The first kappa shape index (κ1) is 14.2. The molecule has 106 valence electrons. The van der Waals surface area contributed by atoms with Crippen molar-refractivity contribution in [2.24, 2.45) is 0 Å². The first-order valence-electron chi connectivity index (χ1n) is 6.69. The van der Waals surface area contributed by atoms with E-state index >= 15 is 0 Å². The number of hydrogen-bond acceptors (Lipinski definition) is 1. The fraction of sp³-hybridized carbons (Fsp3) is 0.118. The molecule has 0 spiro atoms. The van der Waals surface area contributed by atoms with Crippen molar-refractivity contribution in [3.8, 4) is 0 Å². The molecule has 0 unspecified atom stereocenters. The van der Waals surface area contributed by atoms with Crippen LogP contribution >= 0.6 is 23.2 Å². The Labute approximate surface area is 134 Å². The first-order chi connectivity index (χ1) is 10.2. The van der Waals surface area contributed by atoms with Gasteiger partial charge in [0.1, 0.15) is 0 Å². The molecule has 0 atom stereocenters. The minimum Gasteiger partial charge on any atom is -0.333 e. The highest BCUT2D eigenvalue weighted by atomic mass is 35.5. The van der Waals surface area contributed by atoms with E-state index in [4.69, 9.17) is 23.2 Å². The molecule has 0 aliphatic carbocycles. The summed E-state index contributed by atoms with van der Waals surface area (Å²) in [6.07, 6.45) is 6.20. The molecular formula is C17H14Cl2N2. The molecule has 1 heterocycles. The molecule has 1 aromatic heterocycles. The topological polar surface area (TPSA) is 17.8 Å². The highest BCUT2D eigenvalue weighted by Crippen LogP contribution is 2.30. The van der Waals surface area contributed by atoms with Crippen molar-refractivity contribution < 1.29 is 0 Å². The number of halogens is 2. The summed E-state index contributed by atoms with van der Waals surface area (Å²) >= 11 is 12.9. The summed E-state index contributed by atoms with van der Waals surface area (Å²) < 4.78 is 1.96. The molecule has 21 heavy (non-hydrogen) atoms. The lowest BCUT2D eigenvalue weighted by atomic mass is 10.0. The zero-order chi connectivity index (χ0) is 14.7. The molecule has 0 fully saturated rings. The maximum atomic E-state index is 6.56. The van der Waals surface area contributed by atoms with Gasteiger partial charge in [-0.2, -0.15) is 0 Å². The second-order valence-corrected chi connectivity index (χ2v) is 5.68. The molecule has 0 N–H and O–H groups in total. The van der Waals surface area contributed by atoms with Gasteiger partial charge >= 0.3 is 0 Å². The van der Waals surface area contributed by atoms with Crippen LogP contribution in [0, 0.1) is 0 Å². The summed E-state index contributed by atoms with van der Waals surface area (Å²) in [7, 11) is 0. The predicted octanol–water partition coefficient (Wildman–Crippen LogP) is 4.83. The quantitative estimate of drug-likeness (QED) is 0.674. The summed E-state index contributed by atoms with van der Waals surface area (Å²) in [6, 6.07) is 14.2. The fourth-order valence-electron chi connectivity index (χ4n) is 2.31. The van der Waals surface area contributed by atoms with Crippen molar-refractivity contribution in [1.29, 1.82) is 0 Å². The molecule has 0 bridgehead atoms. The molecule has 0 aliphatic heterocycles. The van der Waals surface area contributed by atoms with E-state index in [0.29, 0.717) is 11.6 Å². The lowest BCUT2D eigenvalue weighted by Gasteiger charge is -2.12. The summed E-state index contributed by atoms with van der Waals surface area (Å²) in [5.41, 5.74) is 3.25. The van der Waals surface area contributed by atoms with Crippen LogP contribution in [-0.2, 0) is 13.0 Å². The smallest absolute Gasteiger partial charge is 0.0949 e. The van der Waals surface area contributed by atoms with Crippen molar-refractivity contribution in [2.45, 2.75) is 13.0 Å². The zero-order valence-corrected chi connectivity index (χ0v) is 12.8. The van der Waals surface area contributed by atoms with Crippen LogP contribution in [0.4, 0.5) is 0 Å². The summed E-state index contributed by atoms with van der Waals surface area (Å²) in [5.74, 6) is 0. The molecule has 0 saturated carbocycles. The van der Waals surface area contributed by atoms with Crippen molar-refractivity contribution >= 4 is 23.2 Å². The summed E-state index contributed by atoms with van der Waals surface area (Å²) in [5, 5.41) is 1.42. The molecule has 0 radical (unpaired) electrons. The monoisotopic (exact) mass is 316 g/mol. The van der Waals surface area contributed by atoms with Gasteiger partial charge in [0, 0.05) is 23.0 Å². The second-order valence-electron chi connectivity index (χ2n) is 4.90. The van der Waals surface area contributed by atoms with E-state index in [1.807, 2.05) is 41.1 Å². The van der Waals surface area contributed by atoms with Crippen LogP contribution in [0.2, 0.25) is 10.0 Å². The van der Waals surface area contributed by atoms with Crippen LogP contribution in [0.1, 0.15) is 16.7 Å². The van der Waals surface area contributed by atoms with Gasteiger partial charge in [-0.1, -0.05) is 59.6 Å². The fourth-order valence-corrected chi connectivity index (χ4v) is 2.86. The van der Waals surface area contributed by atoms with Crippen LogP contribution in [0.3, 0.4) is 0 Å². The standard InChI is InChI=1S/C17H14Cl2N2/c18-16-7-6-14(10-13-4-2-1-3-5-13)17(19)15(16)11-21-9-8-20-12-21/h1-9,12H,10-11H2. The van der Waals surface area contributed by atoms with E-state index in [2.05, 4.69) is 17.1 Å². The molecule has 0 aliphatic rings. The average Bonchev–Trinajstić information content (AvgIpc) is 3.01. The minimum absolute atomic E-state index is 0.625. The molecular weight excluding hydrogens is 303 g/mol. The Morgan fingerprint density at radius 2 is 1.81 bits per heavy atom. The van der Waals surface area contributed by atoms with Crippen molar-refractivity contribution in [1.82, 2.24) is 9.55 Å². The Balaban J connectivity index is 1.92. The molecule has 4 heteroatoms. The third-order valence-electron chi connectivity index (χ3n) is 3.40. The Bertz CT molecular complexity index is 722. The van der Waals surface area contributed by atoms with Crippen molar-refractivity contribution in [3.05, 3.63) is 87.9 Å². The van der Waals surface area contributed by atoms with Gasteiger partial charge in [0.15, 0.2) is 0 Å². The Morgan fingerprint density at radius 3 is 2.52 bits per heavy atom. The minimum atomic E-state index is 0.625. The van der Waals surface area contributed by atoms with Crippen LogP contribution in [0.15, 0.2) is 61.2 Å². The van der Waals surface area contributed by atoms with E-state index < -0.39 is 0 Å². The highest BCUT2D eigenvalue weighted by molar-refractivity contribution is 6.36. The Kier molecular flexibility index (Phi) is 4.28. The largest absolute Gasteiger partial charge is 0.333 e. The van der Waals surface area contributed by atoms with Gasteiger partial charge in [-0.25, -0.2) is 4.98 Å². The van der Waals surface area contributed by atoms with Gasteiger partial charge in [0.2, 0.25) is 0 Å². The lowest BCUT2D eigenvalue weighted by Crippen LogP contribution is -2.01. The lowest BCUT2D eigenvalue weighted by molar-refractivity contribution is 0.796. The van der Waals surface area contributed by atoms with Gasteiger partial charge in [-0.05, 0) is 23.6 Å². The molecule has 2 aromatic carbocycles. The molecule has 0 saturated heterocycles. The Hall–Kier alpha value is -1.77. The maximum absolute atomic E-state index is 6.56. The zero-order valence-electron chi connectivity index (χ0n) is 11.3. The number of nitrogens with zero attached hydrogens (tertiary/aromatic N) is 2. The van der Waals surface area contributed by atoms with Gasteiger partial charge in [-0.15, -0.1) is 0 Å². The number of benzene rings is 2. The average molecular weight is 317 g/mol. The summed E-state index contributed by atoms with van der Waals surface area (Å²) in [4.78, 5) is 4.04. The first-order valence-corrected chi connectivity index (χ1v) is 7.45. The van der Waals surface area contributed by atoms with Crippen LogP contribution < -0.4 is 0 Å². The molecule has 0 amide bonds. The van der Waals surface area contributed by atoms with Gasteiger partial charge < -0.3 is 4.57 Å². The van der Waals surface area contributed by atoms with Gasteiger partial charge in [-0.3, -0.25) is 0 Å². The highest BCUT2D eigenvalue weighted by Gasteiger charge is 2.11. The third kappa shape index (κ3) is 3.29. The van der Waals surface area contributed by atoms with Gasteiger partial charge in [0.05, 0.1) is 17.9 Å². The number of rotatable bonds is 4. The summed E-state index contributed by atoms with van der Waals surface area (Å²) in [6.45, 7) is 0.625. The normalized spacial score (nSPS) is 10.8. The van der Waals surface area contributed by atoms with E-state index in [1.54, 1.807) is 12.5 Å². The molecule has 3 rings (SSSR count). The van der Waals surface area contributed by atoms with E-state index in [-0.39, 0.29) is 0 Å². The van der Waals surface area contributed by atoms with Crippen LogP contribution in [0.25, 0.3) is 0 Å². The Morgan fingerprint density at radius 1 is 1.00 bits per heavy atom. The predicted molar refractivity (Wildman–Crippen MR) is 87.0 cm³/mol. The number of imidazole rings is 1. The van der Waals surface area contributed by atoms with Crippen LogP contribution in [0.5, 0.6) is 0 Å². The van der Waals surface area contributed by atoms with Crippen molar-refractivity contribution in [2.75, 3.05) is 0 Å².